The van der Waals surface area contributed by atoms with E-state index in [2.05, 4.69) is 6.92 Å². The topological polar surface area (TPSA) is 63.6 Å². The maximum atomic E-state index is 11.6. The van der Waals surface area contributed by atoms with E-state index in [-0.39, 0.29) is 18.4 Å². The number of hydrogen-bond donors (Lipinski definition) is 1. The van der Waals surface area contributed by atoms with Crippen molar-refractivity contribution in [2.24, 2.45) is 0 Å². The van der Waals surface area contributed by atoms with Gasteiger partial charge in [-0.15, -0.1) is 0 Å². The Balaban J connectivity index is 3.49. The first-order valence-corrected chi connectivity index (χ1v) is 8.90. The van der Waals surface area contributed by atoms with E-state index >= 15 is 0 Å². The SMILES string of the molecule is CCCCCCCCCCCC(=O)O[C@H](CO)CCC(C)=O. The van der Waals surface area contributed by atoms with Gasteiger partial charge in [-0.05, 0) is 19.8 Å². The van der Waals surface area contributed by atoms with E-state index in [1.807, 2.05) is 0 Å². The van der Waals surface area contributed by atoms with Crippen LogP contribution in [-0.4, -0.2) is 29.6 Å². The quantitative estimate of drug-likeness (QED) is 0.364. The first kappa shape index (κ1) is 21.1. The third-order valence-electron chi connectivity index (χ3n) is 3.80. The van der Waals surface area contributed by atoms with Crippen LogP contribution in [0.4, 0.5) is 0 Å². The Hall–Kier alpha value is -0.900. The number of Topliss-reactive ketones (excluding diaryl/α,β-unsaturated/α-hetero) is 1. The lowest BCUT2D eigenvalue weighted by atomic mass is 10.1. The van der Waals surface area contributed by atoms with Crippen molar-refractivity contribution in [2.45, 2.75) is 97.0 Å². The van der Waals surface area contributed by atoms with Crippen molar-refractivity contribution in [3.8, 4) is 0 Å². The number of esters is 1. The summed E-state index contributed by atoms with van der Waals surface area (Å²) in [5, 5.41) is 9.13. The highest BCUT2D eigenvalue weighted by Gasteiger charge is 2.13. The summed E-state index contributed by atoms with van der Waals surface area (Å²) in [6, 6.07) is 0. The van der Waals surface area contributed by atoms with E-state index in [1.54, 1.807) is 0 Å². The second-order valence-corrected chi connectivity index (χ2v) is 6.11. The van der Waals surface area contributed by atoms with Crippen LogP contribution in [0.15, 0.2) is 0 Å². The molecular formula is C18H34O4. The molecular weight excluding hydrogens is 280 g/mol. The highest BCUT2D eigenvalue weighted by atomic mass is 16.5. The predicted molar refractivity (Wildman–Crippen MR) is 88.7 cm³/mol. The van der Waals surface area contributed by atoms with Crippen molar-refractivity contribution in [2.75, 3.05) is 6.61 Å². The predicted octanol–water partition coefficient (Wildman–Crippen LogP) is 4.18. The molecule has 0 saturated heterocycles. The van der Waals surface area contributed by atoms with Crippen LogP contribution in [0.3, 0.4) is 0 Å². The molecule has 0 aromatic heterocycles. The Bertz CT molecular complexity index is 289. The summed E-state index contributed by atoms with van der Waals surface area (Å²) in [5.74, 6) is -0.209. The standard InChI is InChI=1S/C18H34O4/c1-3-4-5-6-7-8-9-10-11-12-18(21)22-17(15-19)14-13-16(2)20/h17,19H,3-15H2,1-2H3/t17-/m0/s1. The molecule has 0 amide bonds. The molecule has 0 aromatic carbocycles. The minimum absolute atomic E-state index is 0.0495. The molecule has 0 spiro atoms. The zero-order valence-corrected chi connectivity index (χ0v) is 14.4. The Kier molecular flexibility index (Phi) is 14.4. The zero-order valence-electron chi connectivity index (χ0n) is 14.4. The molecule has 1 atom stereocenters. The Labute approximate surface area is 135 Å². The van der Waals surface area contributed by atoms with Gasteiger partial charge >= 0.3 is 5.97 Å². The molecule has 0 rings (SSSR count). The molecule has 0 aliphatic rings. The van der Waals surface area contributed by atoms with E-state index in [1.165, 1.54) is 51.9 Å². The van der Waals surface area contributed by atoms with Crippen LogP contribution >= 0.6 is 0 Å². The number of carbonyl (C=O) groups excluding carboxylic acids is 2. The normalized spacial score (nSPS) is 12.1. The largest absolute Gasteiger partial charge is 0.460 e. The van der Waals surface area contributed by atoms with Crippen molar-refractivity contribution in [1.82, 2.24) is 0 Å². The fraction of sp³-hybridized carbons (Fsp3) is 0.889. The third kappa shape index (κ3) is 14.1. The highest BCUT2D eigenvalue weighted by molar-refractivity contribution is 5.75. The summed E-state index contributed by atoms with van der Waals surface area (Å²) in [4.78, 5) is 22.5. The summed E-state index contributed by atoms with van der Waals surface area (Å²) >= 11 is 0. The molecule has 0 fully saturated rings. The molecule has 4 nitrogen and oxygen atoms in total. The molecule has 0 unspecified atom stereocenters. The van der Waals surface area contributed by atoms with Crippen LogP contribution in [0.5, 0.6) is 0 Å². The van der Waals surface area contributed by atoms with E-state index in [4.69, 9.17) is 9.84 Å². The fourth-order valence-corrected chi connectivity index (χ4v) is 2.38. The van der Waals surface area contributed by atoms with Gasteiger partial charge in [0.2, 0.25) is 0 Å². The average Bonchev–Trinajstić information content (AvgIpc) is 2.49. The maximum absolute atomic E-state index is 11.6. The van der Waals surface area contributed by atoms with Crippen LogP contribution in [0.2, 0.25) is 0 Å². The number of rotatable bonds is 15. The van der Waals surface area contributed by atoms with Crippen molar-refractivity contribution >= 4 is 11.8 Å². The Morgan fingerprint density at radius 3 is 1.95 bits per heavy atom. The number of ketones is 1. The molecule has 0 aliphatic carbocycles. The van der Waals surface area contributed by atoms with Crippen LogP contribution in [0, 0.1) is 0 Å². The Morgan fingerprint density at radius 1 is 0.909 bits per heavy atom. The van der Waals surface area contributed by atoms with E-state index in [0.717, 1.165) is 12.8 Å². The van der Waals surface area contributed by atoms with Gasteiger partial charge in [0.1, 0.15) is 11.9 Å². The second kappa shape index (κ2) is 15.0. The second-order valence-electron chi connectivity index (χ2n) is 6.11. The molecule has 0 bridgehead atoms. The number of unbranched alkanes of at least 4 members (excludes halogenated alkanes) is 8. The van der Waals surface area contributed by atoms with Gasteiger partial charge in [0.05, 0.1) is 6.61 Å². The van der Waals surface area contributed by atoms with Gasteiger partial charge in [-0.25, -0.2) is 0 Å². The molecule has 130 valence electrons. The number of hydrogen-bond acceptors (Lipinski definition) is 4. The summed E-state index contributed by atoms with van der Waals surface area (Å²) in [6.45, 7) is 3.51. The monoisotopic (exact) mass is 314 g/mol. The van der Waals surface area contributed by atoms with Gasteiger partial charge in [-0.3, -0.25) is 4.79 Å². The first-order valence-electron chi connectivity index (χ1n) is 8.90. The van der Waals surface area contributed by atoms with Crippen molar-refractivity contribution in [3.63, 3.8) is 0 Å². The van der Waals surface area contributed by atoms with Crippen molar-refractivity contribution < 1.29 is 19.4 Å². The van der Waals surface area contributed by atoms with Crippen LogP contribution < -0.4 is 0 Å². The van der Waals surface area contributed by atoms with Gasteiger partial charge in [0, 0.05) is 12.8 Å². The molecule has 4 heteroatoms. The van der Waals surface area contributed by atoms with Crippen LogP contribution in [0.25, 0.3) is 0 Å². The molecule has 1 N–H and O–H groups in total. The van der Waals surface area contributed by atoms with Gasteiger partial charge in [-0.2, -0.15) is 0 Å². The number of carbonyl (C=O) groups is 2. The average molecular weight is 314 g/mol. The molecule has 0 heterocycles. The molecule has 0 radical (unpaired) electrons. The number of ether oxygens (including phenoxy) is 1. The summed E-state index contributed by atoms with van der Waals surface area (Å²) in [6.07, 6.45) is 11.5. The molecule has 0 aliphatic heterocycles. The van der Waals surface area contributed by atoms with E-state index in [9.17, 15) is 9.59 Å². The van der Waals surface area contributed by atoms with Crippen molar-refractivity contribution in [1.29, 1.82) is 0 Å². The first-order chi connectivity index (χ1) is 10.6. The van der Waals surface area contributed by atoms with Gasteiger partial charge in [-0.1, -0.05) is 58.3 Å². The minimum Gasteiger partial charge on any atom is -0.460 e. The lowest BCUT2D eigenvalue weighted by molar-refractivity contribution is -0.152. The highest BCUT2D eigenvalue weighted by Crippen LogP contribution is 2.11. The summed E-state index contributed by atoms with van der Waals surface area (Å²) in [7, 11) is 0. The zero-order chi connectivity index (χ0) is 16.6. The number of aliphatic hydroxyl groups excluding tert-OH is 1. The van der Waals surface area contributed by atoms with Gasteiger partial charge < -0.3 is 14.6 Å². The molecule has 0 aromatic rings. The van der Waals surface area contributed by atoms with Crippen LogP contribution in [0.1, 0.15) is 90.9 Å². The lowest BCUT2D eigenvalue weighted by Crippen LogP contribution is -2.22. The molecule has 0 saturated carbocycles. The fourth-order valence-electron chi connectivity index (χ4n) is 2.38. The van der Waals surface area contributed by atoms with Gasteiger partial charge in [0.25, 0.3) is 0 Å². The third-order valence-corrected chi connectivity index (χ3v) is 3.80. The summed E-state index contributed by atoms with van der Waals surface area (Å²) in [5.41, 5.74) is 0. The van der Waals surface area contributed by atoms with E-state index in [0.29, 0.717) is 19.3 Å². The van der Waals surface area contributed by atoms with Crippen LogP contribution in [-0.2, 0) is 14.3 Å². The maximum Gasteiger partial charge on any atom is 0.306 e. The minimum atomic E-state index is -0.532. The van der Waals surface area contributed by atoms with Gasteiger partial charge in [0.15, 0.2) is 0 Å². The number of aliphatic hydroxyl groups is 1. The Morgan fingerprint density at radius 2 is 1.45 bits per heavy atom. The van der Waals surface area contributed by atoms with E-state index < -0.39 is 6.10 Å². The molecule has 22 heavy (non-hydrogen) atoms. The lowest BCUT2D eigenvalue weighted by Gasteiger charge is -2.14. The smallest absolute Gasteiger partial charge is 0.306 e. The summed E-state index contributed by atoms with van der Waals surface area (Å²) < 4.78 is 5.18. The van der Waals surface area contributed by atoms with Crippen molar-refractivity contribution in [3.05, 3.63) is 0 Å².